The maximum Gasteiger partial charge on any atom is 0.199 e. The molecule has 1 fully saturated rings. The number of hydrogen-bond donors (Lipinski definition) is 0. The summed E-state index contributed by atoms with van der Waals surface area (Å²) in [6.07, 6.45) is 3.58. The predicted octanol–water partition coefficient (Wildman–Crippen LogP) is 3.67. The Morgan fingerprint density at radius 3 is 2.81 bits per heavy atom. The lowest BCUT2D eigenvalue weighted by molar-refractivity contribution is 0.103. The van der Waals surface area contributed by atoms with Crippen molar-refractivity contribution in [2.24, 2.45) is 0 Å². The second-order valence-corrected chi connectivity index (χ2v) is 7.58. The second-order valence-electron chi connectivity index (χ2n) is 4.98. The van der Waals surface area contributed by atoms with Crippen molar-refractivity contribution in [3.05, 3.63) is 45.8 Å². The summed E-state index contributed by atoms with van der Waals surface area (Å²) < 4.78 is 17.7. The molecule has 1 saturated carbocycles. The topological polar surface area (TPSA) is 60.2 Å². The van der Waals surface area contributed by atoms with Crippen LogP contribution in [-0.4, -0.2) is 20.9 Å². The van der Waals surface area contributed by atoms with Crippen molar-refractivity contribution >= 4 is 32.5 Å². The molecule has 1 aliphatic rings. The average Bonchev–Trinajstić information content (AvgIpc) is 3.22. The van der Waals surface area contributed by atoms with Crippen molar-refractivity contribution in [2.45, 2.75) is 30.6 Å². The van der Waals surface area contributed by atoms with Crippen molar-refractivity contribution in [1.82, 2.24) is 5.16 Å². The van der Waals surface area contributed by atoms with Gasteiger partial charge >= 0.3 is 0 Å². The Morgan fingerprint density at radius 1 is 1.43 bits per heavy atom. The lowest BCUT2D eigenvalue weighted by atomic mass is 10.0. The summed E-state index contributed by atoms with van der Waals surface area (Å²) >= 11 is 3.40. The Labute approximate surface area is 133 Å². The van der Waals surface area contributed by atoms with Crippen molar-refractivity contribution < 1.29 is 13.5 Å². The van der Waals surface area contributed by atoms with Gasteiger partial charge in [-0.05, 0) is 47.0 Å². The summed E-state index contributed by atoms with van der Waals surface area (Å²) in [5.74, 6) is 1.46. The molecule has 1 heterocycles. The van der Waals surface area contributed by atoms with Gasteiger partial charge in [0.15, 0.2) is 11.5 Å². The summed E-state index contributed by atoms with van der Waals surface area (Å²) in [6.45, 7) is 1.86. The highest BCUT2D eigenvalue weighted by atomic mass is 79.9. The Bertz CT molecular complexity index is 721. The first-order valence-electron chi connectivity index (χ1n) is 6.79. The largest absolute Gasteiger partial charge is 0.360 e. The number of ketones is 1. The zero-order valence-corrected chi connectivity index (χ0v) is 13.9. The molecular weight excluding hydrogens is 354 g/mol. The molecule has 1 unspecified atom stereocenters. The Kier molecular flexibility index (Phi) is 4.08. The van der Waals surface area contributed by atoms with E-state index in [2.05, 4.69) is 21.1 Å². The normalized spacial score (nSPS) is 15.9. The van der Waals surface area contributed by atoms with Crippen molar-refractivity contribution in [2.75, 3.05) is 5.75 Å². The molecule has 4 nitrogen and oxygen atoms in total. The number of rotatable bonds is 5. The number of benzene rings is 1. The molecule has 1 aromatic carbocycles. The Balaban J connectivity index is 1.94. The minimum absolute atomic E-state index is 0.112. The number of aromatic nitrogens is 1. The first-order chi connectivity index (χ1) is 10.1. The summed E-state index contributed by atoms with van der Waals surface area (Å²) in [7, 11) is -1.03. The molecule has 0 saturated heterocycles. The van der Waals surface area contributed by atoms with Crippen LogP contribution in [0.2, 0.25) is 0 Å². The van der Waals surface area contributed by atoms with Gasteiger partial charge in [-0.15, -0.1) is 0 Å². The van der Waals surface area contributed by atoms with Crippen LogP contribution in [-0.2, 0) is 10.8 Å². The average molecular weight is 368 g/mol. The maximum absolute atomic E-state index is 12.6. The molecule has 1 aliphatic carbocycles. The van der Waals surface area contributed by atoms with Crippen LogP contribution in [0.4, 0.5) is 0 Å². The van der Waals surface area contributed by atoms with Gasteiger partial charge in [-0.3, -0.25) is 9.00 Å². The van der Waals surface area contributed by atoms with Crippen LogP contribution in [0.1, 0.15) is 47.4 Å². The molecule has 1 atom stereocenters. The molecule has 0 N–H and O–H groups in total. The highest BCUT2D eigenvalue weighted by Crippen LogP contribution is 2.42. The van der Waals surface area contributed by atoms with E-state index in [1.54, 1.807) is 18.2 Å². The van der Waals surface area contributed by atoms with E-state index in [1.807, 2.05) is 6.92 Å². The molecule has 0 amide bonds. The van der Waals surface area contributed by atoms with E-state index in [0.29, 0.717) is 37.9 Å². The summed E-state index contributed by atoms with van der Waals surface area (Å²) in [4.78, 5) is 13.3. The minimum Gasteiger partial charge on any atom is -0.360 e. The molecule has 0 radical (unpaired) electrons. The Morgan fingerprint density at radius 2 is 2.19 bits per heavy atom. The fourth-order valence-corrected chi connectivity index (χ4v) is 3.71. The van der Waals surface area contributed by atoms with Crippen molar-refractivity contribution in [1.29, 1.82) is 0 Å². The molecule has 6 heteroatoms. The minimum atomic E-state index is -1.03. The third-order valence-corrected chi connectivity index (χ3v) is 5.46. The highest BCUT2D eigenvalue weighted by molar-refractivity contribution is 9.10. The van der Waals surface area contributed by atoms with Crippen molar-refractivity contribution in [3.63, 3.8) is 0 Å². The van der Waals surface area contributed by atoms with E-state index in [9.17, 15) is 9.00 Å². The standard InChI is InChI=1S/C15H14BrNO3S/c1-2-21(19)10-5-6-11(13(16)7-10)14(18)12-8-17-20-15(12)9-3-4-9/h5-9H,2-4H2,1H3. The van der Waals surface area contributed by atoms with E-state index >= 15 is 0 Å². The fourth-order valence-electron chi connectivity index (χ4n) is 2.19. The smallest absolute Gasteiger partial charge is 0.199 e. The quantitative estimate of drug-likeness (QED) is 0.756. The van der Waals surface area contributed by atoms with E-state index in [1.165, 1.54) is 6.20 Å². The summed E-state index contributed by atoms with van der Waals surface area (Å²) in [5.41, 5.74) is 1.07. The van der Waals surface area contributed by atoms with Crippen LogP contribution < -0.4 is 0 Å². The molecular formula is C15H14BrNO3S. The van der Waals surface area contributed by atoms with Gasteiger partial charge in [0.2, 0.25) is 0 Å². The van der Waals surface area contributed by atoms with Gasteiger partial charge in [0.1, 0.15) is 0 Å². The number of halogens is 1. The third-order valence-electron chi connectivity index (χ3n) is 3.50. The lowest BCUT2D eigenvalue weighted by Crippen LogP contribution is -2.05. The molecule has 110 valence electrons. The summed E-state index contributed by atoms with van der Waals surface area (Å²) in [5, 5.41) is 3.76. The van der Waals surface area contributed by atoms with Crippen LogP contribution in [0.3, 0.4) is 0 Å². The van der Waals surface area contributed by atoms with Crippen molar-refractivity contribution in [3.8, 4) is 0 Å². The van der Waals surface area contributed by atoms with Gasteiger partial charge in [-0.1, -0.05) is 12.1 Å². The molecule has 0 bridgehead atoms. The summed E-state index contributed by atoms with van der Waals surface area (Å²) in [6, 6.07) is 5.19. The van der Waals surface area contributed by atoms with Crippen LogP contribution in [0.5, 0.6) is 0 Å². The predicted molar refractivity (Wildman–Crippen MR) is 83.0 cm³/mol. The monoisotopic (exact) mass is 367 g/mol. The van der Waals surface area contributed by atoms with Gasteiger partial charge in [0.05, 0.1) is 22.6 Å². The lowest BCUT2D eigenvalue weighted by Gasteiger charge is -2.06. The second kappa shape index (κ2) is 5.85. The van der Waals surface area contributed by atoms with Crippen LogP contribution >= 0.6 is 15.9 Å². The van der Waals surface area contributed by atoms with E-state index in [0.717, 1.165) is 12.8 Å². The van der Waals surface area contributed by atoms with Crippen LogP contribution in [0.25, 0.3) is 0 Å². The fraction of sp³-hybridized carbons (Fsp3) is 0.333. The number of carbonyl (C=O) groups is 1. The van der Waals surface area contributed by atoms with Crippen LogP contribution in [0.15, 0.2) is 38.3 Å². The third kappa shape index (κ3) is 2.87. The van der Waals surface area contributed by atoms with E-state index in [4.69, 9.17) is 4.52 Å². The van der Waals surface area contributed by atoms with Crippen LogP contribution in [0, 0.1) is 0 Å². The van der Waals surface area contributed by atoms with E-state index < -0.39 is 10.8 Å². The molecule has 2 aromatic rings. The van der Waals surface area contributed by atoms with Gasteiger partial charge in [-0.2, -0.15) is 0 Å². The zero-order chi connectivity index (χ0) is 15.0. The highest BCUT2D eigenvalue weighted by Gasteiger charge is 2.33. The molecule has 0 spiro atoms. The van der Waals surface area contributed by atoms with Gasteiger partial charge in [0.25, 0.3) is 0 Å². The number of hydrogen-bond acceptors (Lipinski definition) is 4. The first kappa shape index (κ1) is 14.7. The molecule has 0 aliphatic heterocycles. The van der Waals surface area contributed by atoms with Gasteiger partial charge < -0.3 is 4.52 Å². The SMILES string of the molecule is CCS(=O)c1ccc(C(=O)c2cnoc2C2CC2)c(Br)c1. The molecule has 21 heavy (non-hydrogen) atoms. The number of carbonyl (C=O) groups excluding carboxylic acids is 1. The van der Waals surface area contributed by atoms with Gasteiger partial charge in [-0.25, -0.2) is 0 Å². The first-order valence-corrected chi connectivity index (χ1v) is 8.90. The zero-order valence-electron chi connectivity index (χ0n) is 11.5. The molecule has 1 aromatic heterocycles. The Hall–Kier alpha value is -1.27. The maximum atomic E-state index is 12.6. The molecule has 3 rings (SSSR count). The number of nitrogens with zero attached hydrogens (tertiary/aromatic N) is 1. The van der Waals surface area contributed by atoms with Gasteiger partial charge in [0, 0.05) is 26.6 Å². The van der Waals surface area contributed by atoms with E-state index in [-0.39, 0.29) is 5.78 Å².